The van der Waals surface area contributed by atoms with Crippen LogP contribution in [0, 0.1) is 0 Å². The molecule has 0 unspecified atom stereocenters. The van der Waals surface area contributed by atoms with Crippen molar-refractivity contribution in [2.24, 2.45) is 4.99 Å². The minimum absolute atomic E-state index is 0.103. The third-order valence-corrected chi connectivity index (χ3v) is 3.31. The molecule has 3 heteroatoms. The van der Waals surface area contributed by atoms with Gasteiger partial charge in [-0.2, -0.15) is 0 Å². The number of nitrogens with zero attached hydrogens (tertiary/aromatic N) is 1. The molecule has 0 aliphatic carbocycles. The zero-order valence-corrected chi connectivity index (χ0v) is 12.6. The van der Waals surface area contributed by atoms with Crippen LogP contribution in [-0.2, 0) is 5.41 Å². The van der Waals surface area contributed by atoms with Gasteiger partial charge in [0.1, 0.15) is 5.75 Å². The van der Waals surface area contributed by atoms with Crippen LogP contribution in [0.3, 0.4) is 0 Å². The first-order valence-electron chi connectivity index (χ1n) is 6.50. The van der Waals surface area contributed by atoms with Gasteiger partial charge in [-0.15, -0.1) is 0 Å². The van der Waals surface area contributed by atoms with Crippen LogP contribution in [0.4, 0.5) is 5.69 Å². The molecule has 0 aliphatic rings. The van der Waals surface area contributed by atoms with E-state index in [1.165, 1.54) is 0 Å². The molecule has 0 saturated carbocycles. The maximum absolute atomic E-state index is 10.3. The molecular formula is C17H18ClNO. The Labute approximate surface area is 124 Å². The normalized spacial score (nSPS) is 12.0. The molecule has 104 valence electrons. The van der Waals surface area contributed by atoms with Crippen molar-refractivity contribution < 1.29 is 5.11 Å². The van der Waals surface area contributed by atoms with Crippen molar-refractivity contribution in [1.82, 2.24) is 0 Å². The topological polar surface area (TPSA) is 32.6 Å². The van der Waals surface area contributed by atoms with E-state index in [0.29, 0.717) is 10.6 Å². The Morgan fingerprint density at radius 2 is 1.70 bits per heavy atom. The Kier molecular flexibility index (Phi) is 4.15. The van der Waals surface area contributed by atoms with Gasteiger partial charge in [0.05, 0.1) is 5.69 Å². The van der Waals surface area contributed by atoms with E-state index >= 15 is 0 Å². The average Bonchev–Trinajstić information content (AvgIpc) is 2.38. The smallest absolute Gasteiger partial charge is 0.128 e. The fourth-order valence-corrected chi connectivity index (χ4v) is 2.07. The lowest BCUT2D eigenvalue weighted by Gasteiger charge is -2.21. The molecule has 0 amide bonds. The minimum atomic E-state index is -0.103. The first-order chi connectivity index (χ1) is 9.38. The first kappa shape index (κ1) is 14.6. The molecule has 2 aromatic carbocycles. The third kappa shape index (κ3) is 3.40. The fourth-order valence-electron chi connectivity index (χ4n) is 1.94. The highest BCUT2D eigenvalue weighted by Gasteiger charge is 2.18. The van der Waals surface area contributed by atoms with Crippen LogP contribution in [0.2, 0.25) is 5.02 Å². The van der Waals surface area contributed by atoms with Gasteiger partial charge in [-0.1, -0.05) is 44.5 Å². The van der Waals surface area contributed by atoms with Crippen molar-refractivity contribution >= 4 is 23.5 Å². The van der Waals surface area contributed by atoms with E-state index in [2.05, 4.69) is 25.8 Å². The summed E-state index contributed by atoms with van der Waals surface area (Å²) in [6.45, 7) is 6.21. The molecule has 0 atom stereocenters. The quantitative estimate of drug-likeness (QED) is 0.766. The van der Waals surface area contributed by atoms with Gasteiger partial charge in [-0.3, -0.25) is 4.99 Å². The Morgan fingerprint density at radius 1 is 1.05 bits per heavy atom. The molecule has 0 aromatic heterocycles. The molecule has 2 aromatic rings. The van der Waals surface area contributed by atoms with Crippen molar-refractivity contribution in [3.63, 3.8) is 0 Å². The second-order valence-corrected chi connectivity index (χ2v) is 6.16. The van der Waals surface area contributed by atoms with E-state index in [-0.39, 0.29) is 11.2 Å². The zero-order chi connectivity index (χ0) is 14.8. The van der Waals surface area contributed by atoms with Gasteiger partial charge in [0.15, 0.2) is 0 Å². The van der Waals surface area contributed by atoms with Crippen molar-refractivity contribution in [3.05, 3.63) is 58.6 Å². The molecule has 0 heterocycles. The van der Waals surface area contributed by atoms with Crippen molar-refractivity contribution in [3.8, 4) is 5.75 Å². The van der Waals surface area contributed by atoms with Crippen LogP contribution in [0.1, 0.15) is 31.9 Å². The van der Waals surface area contributed by atoms with Gasteiger partial charge in [-0.05, 0) is 41.3 Å². The molecule has 0 bridgehead atoms. The summed E-state index contributed by atoms with van der Waals surface area (Å²) in [7, 11) is 0. The van der Waals surface area contributed by atoms with Gasteiger partial charge < -0.3 is 5.11 Å². The summed E-state index contributed by atoms with van der Waals surface area (Å²) >= 11 is 5.83. The molecule has 0 fully saturated rings. The van der Waals surface area contributed by atoms with E-state index in [1.54, 1.807) is 18.3 Å². The van der Waals surface area contributed by atoms with E-state index in [9.17, 15) is 5.11 Å². The van der Waals surface area contributed by atoms with E-state index in [1.807, 2.05) is 30.3 Å². The van der Waals surface area contributed by atoms with E-state index in [0.717, 1.165) is 11.3 Å². The number of hydrogen-bond acceptors (Lipinski definition) is 2. The molecule has 0 spiro atoms. The number of rotatable bonds is 2. The van der Waals surface area contributed by atoms with E-state index < -0.39 is 0 Å². The number of benzene rings is 2. The lowest BCUT2D eigenvalue weighted by atomic mass is 9.85. The van der Waals surface area contributed by atoms with Crippen molar-refractivity contribution in [1.29, 1.82) is 0 Å². The number of aliphatic imine (C=N–C) groups is 1. The summed E-state index contributed by atoms with van der Waals surface area (Å²) in [6.07, 6.45) is 1.67. The maximum Gasteiger partial charge on any atom is 0.128 e. The van der Waals surface area contributed by atoms with Gasteiger partial charge in [0.25, 0.3) is 0 Å². The molecule has 0 saturated heterocycles. The lowest BCUT2D eigenvalue weighted by Crippen LogP contribution is -2.11. The number of phenols is 1. The molecule has 0 aliphatic heterocycles. The summed E-state index contributed by atoms with van der Waals surface area (Å²) < 4.78 is 0. The average molecular weight is 288 g/mol. The van der Waals surface area contributed by atoms with Crippen molar-refractivity contribution in [2.75, 3.05) is 0 Å². The number of para-hydroxylation sites is 1. The first-order valence-corrected chi connectivity index (χ1v) is 6.88. The molecule has 1 N–H and O–H groups in total. The molecule has 20 heavy (non-hydrogen) atoms. The summed E-state index contributed by atoms with van der Waals surface area (Å²) in [5.74, 6) is 0.290. The Morgan fingerprint density at radius 3 is 2.30 bits per heavy atom. The van der Waals surface area contributed by atoms with Crippen LogP contribution in [-0.4, -0.2) is 11.3 Å². The van der Waals surface area contributed by atoms with Gasteiger partial charge >= 0.3 is 0 Å². The predicted molar refractivity (Wildman–Crippen MR) is 85.5 cm³/mol. The molecule has 2 nitrogen and oxygen atoms in total. The monoisotopic (exact) mass is 287 g/mol. The summed E-state index contributed by atoms with van der Waals surface area (Å²) in [5.41, 5.74) is 2.33. The SMILES string of the molecule is CC(C)(C)c1cccc(C=Nc2ccc(Cl)cc2)c1O. The number of phenolic OH excluding ortho intramolecular Hbond substituents is 1. The third-order valence-electron chi connectivity index (χ3n) is 3.05. The molecule has 0 radical (unpaired) electrons. The summed E-state index contributed by atoms with van der Waals surface area (Å²) in [6, 6.07) is 13.0. The Bertz CT molecular complexity index is 624. The maximum atomic E-state index is 10.3. The number of aromatic hydroxyl groups is 1. The highest BCUT2D eigenvalue weighted by Crippen LogP contribution is 2.32. The second kappa shape index (κ2) is 5.68. The number of hydrogen-bond donors (Lipinski definition) is 1. The van der Waals surface area contributed by atoms with Crippen LogP contribution >= 0.6 is 11.6 Å². The van der Waals surface area contributed by atoms with Crippen LogP contribution in [0.5, 0.6) is 5.75 Å². The highest BCUT2D eigenvalue weighted by molar-refractivity contribution is 6.30. The lowest BCUT2D eigenvalue weighted by molar-refractivity contribution is 0.446. The van der Waals surface area contributed by atoms with E-state index in [4.69, 9.17) is 11.6 Å². The van der Waals surface area contributed by atoms with Gasteiger partial charge in [-0.25, -0.2) is 0 Å². The molecule has 2 rings (SSSR count). The van der Waals surface area contributed by atoms with Gasteiger partial charge in [0.2, 0.25) is 0 Å². The summed E-state index contributed by atoms with van der Waals surface area (Å²) in [5, 5.41) is 11.0. The fraction of sp³-hybridized carbons (Fsp3) is 0.235. The highest BCUT2D eigenvalue weighted by atomic mass is 35.5. The molecular weight excluding hydrogens is 270 g/mol. The van der Waals surface area contributed by atoms with Crippen LogP contribution in [0.15, 0.2) is 47.5 Å². The largest absolute Gasteiger partial charge is 0.507 e. The second-order valence-electron chi connectivity index (χ2n) is 5.73. The Hall–Kier alpha value is -1.80. The van der Waals surface area contributed by atoms with Gasteiger partial charge in [0, 0.05) is 16.8 Å². The van der Waals surface area contributed by atoms with Crippen LogP contribution in [0.25, 0.3) is 0 Å². The van der Waals surface area contributed by atoms with Crippen molar-refractivity contribution in [2.45, 2.75) is 26.2 Å². The minimum Gasteiger partial charge on any atom is -0.507 e. The zero-order valence-electron chi connectivity index (χ0n) is 11.9. The van der Waals surface area contributed by atoms with Crippen LogP contribution < -0.4 is 0 Å². The predicted octanol–water partition coefficient (Wildman–Crippen LogP) is 5.09. The summed E-state index contributed by atoms with van der Waals surface area (Å²) in [4.78, 5) is 4.36. The number of halogens is 1. The Balaban J connectivity index is 2.32. The standard InChI is InChI=1S/C17H18ClNO/c1-17(2,3)15-6-4-5-12(16(15)20)11-19-14-9-7-13(18)8-10-14/h4-11,20H,1-3H3.